The fraction of sp³-hybridized carbons (Fsp3) is 0.571. The van der Waals surface area contributed by atoms with E-state index in [0.29, 0.717) is 6.04 Å². The number of nitrogens with one attached hydrogen (secondary N) is 2. The van der Waals surface area contributed by atoms with Gasteiger partial charge in [0.05, 0.1) is 0 Å². The zero-order valence-corrected chi connectivity index (χ0v) is 11.7. The van der Waals surface area contributed by atoms with Crippen molar-refractivity contribution in [1.29, 1.82) is 0 Å². The molecule has 0 saturated carbocycles. The lowest BCUT2D eigenvalue weighted by atomic mass is 10.2. The molecule has 18 heavy (non-hydrogen) atoms. The van der Waals surface area contributed by atoms with Crippen molar-refractivity contribution in [2.45, 2.75) is 19.5 Å². The second kappa shape index (κ2) is 7.10. The van der Waals surface area contributed by atoms with E-state index < -0.39 is 0 Å². The Balaban J connectivity index is 1.72. The Labute approximate surface area is 115 Å². The highest BCUT2D eigenvalue weighted by atomic mass is 35.5. The third-order valence-corrected chi connectivity index (χ3v) is 3.52. The molecule has 3 nitrogen and oxygen atoms in total. The molecule has 0 bridgehead atoms. The fourth-order valence-corrected chi connectivity index (χ4v) is 2.50. The van der Waals surface area contributed by atoms with Gasteiger partial charge in [0.2, 0.25) is 0 Å². The van der Waals surface area contributed by atoms with Gasteiger partial charge in [0.25, 0.3) is 0 Å². The van der Waals surface area contributed by atoms with Crippen molar-refractivity contribution in [1.82, 2.24) is 15.5 Å². The topological polar surface area (TPSA) is 27.3 Å². The van der Waals surface area contributed by atoms with Crippen LogP contribution in [0.3, 0.4) is 0 Å². The van der Waals surface area contributed by atoms with Crippen LogP contribution in [0.2, 0.25) is 5.02 Å². The lowest BCUT2D eigenvalue weighted by molar-refractivity contribution is 0.219. The summed E-state index contributed by atoms with van der Waals surface area (Å²) >= 11 is 5.97. The first-order valence-corrected chi connectivity index (χ1v) is 7.03. The molecule has 1 fully saturated rings. The lowest BCUT2D eigenvalue weighted by Crippen LogP contribution is -2.48. The monoisotopic (exact) mass is 267 g/mol. The van der Waals surface area contributed by atoms with Crippen LogP contribution in [0.1, 0.15) is 12.5 Å². The van der Waals surface area contributed by atoms with Crippen LogP contribution in [-0.4, -0.2) is 43.7 Å². The average molecular weight is 268 g/mol. The van der Waals surface area contributed by atoms with E-state index in [1.165, 1.54) is 5.56 Å². The maximum atomic E-state index is 5.97. The van der Waals surface area contributed by atoms with Gasteiger partial charge in [0, 0.05) is 50.3 Å². The van der Waals surface area contributed by atoms with Crippen molar-refractivity contribution < 1.29 is 0 Å². The van der Waals surface area contributed by atoms with E-state index in [0.717, 1.165) is 44.3 Å². The summed E-state index contributed by atoms with van der Waals surface area (Å²) in [5, 5.41) is 7.74. The van der Waals surface area contributed by atoms with Gasteiger partial charge in [0.15, 0.2) is 0 Å². The van der Waals surface area contributed by atoms with Crippen LogP contribution >= 0.6 is 11.6 Å². The van der Waals surface area contributed by atoms with Gasteiger partial charge in [-0.15, -0.1) is 0 Å². The molecule has 2 rings (SSSR count). The molecule has 1 aromatic carbocycles. The summed E-state index contributed by atoms with van der Waals surface area (Å²) in [6.45, 7) is 8.77. The largest absolute Gasteiger partial charge is 0.314 e. The van der Waals surface area contributed by atoms with Crippen molar-refractivity contribution in [3.63, 3.8) is 0 Å². The number of benzene rings is 1. The first-order chi connectivity index (χ1) is 8.74. The summed E-state index contributed by atoms with van der Waals surface area (Å²) in [6.07, 6.45) is 0. The number of piperazine rings is 1. The highest BCUT2D eigenvalue weighted by Crippen LogP contribution is 2.10. The molecule has 2 N–H and O–H groups in total. The van der Waals surface area contributed by atoms with E-state index in [4.69, 9.17) is 11.6 Å². The Hall–Kier alpha value is -0.610. The normalized spacial score (nSPS) is 18.8. The van der Waals surface area contributed by atoms with E-state index in [1.54, 1.807) is 0 Å². The molecule has 1 atom stereocenters. The molecule has 1 aliphatic heterocycles. The Morgan fingerprint density at radius 3 is 2.89 bits per heavy atom. The summed E-state index contributed by atoms with van der Waals surface area (Å²) < 4.78 is 0. The van der Waals surface area contributed by atoms with Crippen molar-refractivity contribution in [2.75, 3.05) is 32.7 Å². The van der Waals surface area contributed by atoms with Gasteiger partial charge in [-0.1, -0.05) is 23.7 Å². The molecular formula is C14H22ClN3. The zero-order valence-electron chi connectivity index (χ0n) is 11.0. The minimum Gasteiger partial charge on any atom is -0.314 e. The standard InChI is InChI=1S/C14H22ClN3/c1-12(11-18-7-5-16-6-8-18)17-10-13-3-2-4-14(15)9-13/h2-4,9,12,16-17H,5-8,10-11H2,1H3. The molecule has 0 amide bonds. The molecule has 1 aliphatic rings. The van der Waals surface area contributed by atoms with E-state index >= 15 is 0 Å². The summed E-state index contributed by atoms with van der Waals surface area (Å²) in [4.78, 5) is 2.51. The van der Waals surface area contributed by atoms with E-state index in [9.17, 15) is 0 Å². The molecule has 0 aliphatic carbocycles. The second-order valence-corrected chi connectivity index (χ2v) is 5.40. The molecular weight excluding hydrogens is 246 g/mol. The summed E-state index contributed by atoms with van der Waals surface area (Å²) in [5.74, 6) is 0. The van der Waals surface area contributed by atoms with Crippen LogP contribution in [0, 0.1) is 0 Å². The van der Waals surface area contributed by atoms with Gasteiger partial charge >= 0.3 is 0 Å². The average Bonchev–Trinajstić information content (AvgIpc) is 2.38. The van der Waals surface area contributed by atoms with Gasteiger partial charge in [0.1, 0.15) is 0 Å². The Morgan fingerprint density at radius 2 is 2.17 bits per heavy atom. The quantitative estimate of drug-likeness (QED) is 0.851. The number of hydrogen-bond donors (Lipinski definition) is 2. The van der Waals surface area contributed by atoms with Gasteiger partial charge in [-0.05, 0) is 24.6 Å². The lowest BCUT2D eigenvalue weighted by Gasteiger charge is -2.30. The summed E-state index contributed by atoms with van der Waals surface area (Å²) in [5.41, 5.74) is 1.25. The summed E-state index contributed by atoms with van der Waals surface area (Å²) in [7, 11) is 0. The highest BCUT2D eigenvalue weighted by molar-refractivity contribution is 6.30. The maximum Gasteiger partial charge on any atom is 0.0409 e. The molecule has 0 radical (unpaired) electrons. The zero-order chi connectivity index (χ0) is 12.8. The Kier molecular flexibility index (Phi) is 5.45. The Morgan fingerprint density at radius 1 is 1.39 bits per heavy atom. The van der Waals surface area contributed by atoms with Crippen molar-refractivity contribution in [2.24, 2.45) is 0 Å². The number of halogens is 1. The fourth-order valence-electron chi connectivity index (χ4n) is 2.28. The first-order valence-electron chi connectivity index (χ1n) is 6.65. The smallest absolute Gasteiger partial charge is 0.0409 e. The first kappa shape index (κ1) is 13.8. The van der Waals surface area contributed by atoms with Crippen LogP contribution in [0.4, 0.5) is 0 Å². The van der Waals surface area contributed by atoms with E-state index in [1.807, 2.05) is 18.2 Å². The molecule has 0 spiro atoms. The molecule has 1 aromatic rings. The minimum absolute atomic E-state index is 0.502. The second-order valence-electron chi connectivity index (χ2n) is 4.96. The maximum absolute atomic E-state index is 5.97. The minimum atomic E-state index is 0.502. The molecule has 100 valence electrons. The summed E-state index contributed by atoms with van der Waals surface area (Å²) in [6, 6.07) is 8.54. The number of nitrogens with zero attached hydrogens (tertiary/aromatic N) is 1. The van der Waals surface area contributed by atoms with Crippen LogP contribution in [0.5, 0.6) is 0 Å². The molecule has 0 aromatic heterocycles. The molecule has 1 unspecified atom stereocenters. The van der Waals surface area contributed by atoms with Crippen LogP contribution < -0.4 is 10.6 Å². The van der Waals surface area contributed by atoms with Gasteiger partial charge in [-0.25, -0.2) is 0 Å². The van der Waals surface area contributed by atoms with Crippen molar-refractivity contribution >= 4 is 11.6 Å². The van der Waals surface area contributed by atoms with Crippen LogP contribution in [0.25, 0.3) is 0 Å². The SMILES string of the molecule is CC(CN1CCNCC1)NCc1cccc(Cl)c1. The van der Waals surface area contributed by atoms with Crippen LogP contribution in [-0.2, 0) is 6.54 Å². The van der Waals surface area contributed by atoms with Gasteiger partial charge in [-0.3, -0.25) is 4.90 Å². The predicted molar refractivity (Wildman–Crippen MR) is 77.1 cm³/mol. The number of hydrogen-bond acceptors (Lipinski definition) is 3. The van der Waals surface area contributed by atoms with Gasteiger partial charge < -0.3 is 10.6 Å². The highest BCUT2D eigenvalue weighted by Gasteiger charge is 2.12. The van der Waals surface area contributed by atoms with E-state index in [-0.39, 0.29) is 0 Å². The Bertz CT molecular complexity index is 364. The molecule has 4 heteroatoms. The third-order valence-electron chi connectivity index (χ3n) is 3.29. The van der Waals surface area contributed by atoms with Crippen molar-refractivity contribution in [3.8, 4) is 0 Å². The van der Waals surface area contributed by atoms with Gasteiger partial charge in [-0.2, -0.15) is 0 Å². The third kappa shape index (κ3) is 4.58. The van der Waals surface area contributed by atoms with E-state index in [2.05, 4.69) is 28.5 Å². The molecule has 1 saturated heterocycles. The predicted octanol–water partition coefficient (Wildman–Crippen LogP) is 1.72. The van der Waals surface area contributed by atoms with Crippen LogP contribution in [0.15, 0.2) is 24.3 Å². The molecule has 1 heterocycles. The van der Waals surface area contributed by atoms with Crippen molar-refractivity contribution in [3.05, 3.63) is 34.9 Å². The number of rotatable bonds is 5.